The molecule has 0 saturated heterocycles. The van der Waals surface area contributed by atoms with E-state index < -0.39 is 0 Å². The Labute approximate surface area is 187 Å². The maximum absolute atomic E-state index is 6.20. The first-order chi connectivity index (χ1) is 14.7. The number of ether oxygens (including phenoxy) is 1. The van der Waals surface area contributed by atoms with Crippen molar-refractivity contribution in [2.75, 3.05) is 5.32 Å². The van der Waals surface area contributed by atoms with Crippen LogP contribution in [-0.4, -0.2) is 15.0 Å². The number of hydrogen-bond donors (Lipinski definition) is 1. The maximum atomic E-state index is 6.20. The second-order valence-corrected chi connectivity index (χ2v) is 8.17. The highest BCUT2D eigenvalue weighted by Crippen LogP contribution is 2.32. The third-order valence-corrected chi connectivity index (χ3v) is 5.52. The molecule has 0 saturated carbocycles. The summed E-state index contributed by atoms with van der Waals surface area (Å²) in [7, 11) is 0. The number of halogens is 1. The van der Waals surface area contributed by atoms with Gasteiger partial charge in [0.2, 0.25) is 0 Å². The van der Waals surface area contributed by atoms with Crippen molar-refractivity contribution in [3.05, 3.63) is 88.4 Å². The molecule has 0 atom stereocenters. The molecule has 0 bridgehead atoms. The van der Waals surface area contributed by atoms with Gasteiger partial charge in [-0.3, -0.25) is 4.98 Å². The second kappa shape index (κ2) is 7.87. The average molecular weight is 504 g/mol. The van der Waals surface area contributed by atoms with Gasteiger partial charge in [0, 0.05) is 26.2 Å². The van der Waals surface area contributed by atoms with Crippen LogP contribution in [0.3, 0.4) is 0 Å². The van der Waals surface area contributed by atoms with Gasteiger partial charge in [0.1, 0.15) is 23.4 Å². The number of pyridine rings is 1. The number of nitrogens with one attached hydrogen (secondary N) is 1. The number of aromatic nitrogens is 3. The zero-order chi connectivity index (χ0) is 20.5. The summed E-state index contributed by atoms with van der Waals surface area (Å²) >= 11 is 2.30. The number of para-hydroxylation sites is 1. The minimum absolute atomic E-state index is 0.744. The van der Waals surface area contributed by atoms with Gasteiger partial charge in [-0.1, -0.05) is 18.2 Å². The van der Waals surface area contributed by atoms with Gasteiger partial charge in [-0.25, -0.2) is 9.97 Å². The zero-order valence-corrected chi connectivity index (χ0v) is 18.3. The molecule has 30 heavy (non-hydrogen) atoms. The third-order valence-electron chi connectivity index (χ3n) is 4.85. The minimum atomic E-state index is 0.744. The van der Waals surface area contributed by atoms with Crippen LogP contribution in [0.25, 0.3) is 21.8 Å². The number of aryl methyl sites for hydroxylation is 1. The Bertz CT molecular complexity index is 1380. The predicted octanol–water partition coefficient (Wildman–Crippen LogP) is 6.63. The molecule has 3 aromatic carbocycles. The fraction of sp³-hybridized carbons (Fsp3) is 0.0417. The van der Waals surface area contributed by atoms with Crippen molar-refractivity contribution in [1.29, 1.82) is 0 Å². The second-order valence-electron chi connectivity index (χ2n) is 6.92. The van der Waals surface area contributed by atoms with E-state index in [-0.39, 0.29) is 0 Å². The van der Waals surface area contributed by atoms with Gasteiger partial charge >= 0.3 is 0 Å². The normalized spacial score (nSPS) is 11.0. The molecule has 146 valence electrons. The molecule has 0 fully saturated rings. The van der Waals surface area contributed by atoms with Crippen molar-refractivity contribution in [2.24, 2.45) is 0 Å². The lowest BCUT2D eigenvalue weighted by atomic mass is 10.1. The molecule has 0 aliphatic heterocycles. The average Bonchev–Trinajstić information content (AvgIpc) is 2.76. The van der Waals surface area contributed by atoms with Crippen molar-refractivity contribution in [3.8, 4) is 11.5 Å². The maximum Gasteiger partial charge on any atom is 0.153 e. The topological polar surface area (TPSA) is 59.9 Å². The van der Waals surface area contributed by atoms with Crippen LogP contribution in [-0.2, 0) is 0 Å². The van der Waals surface area contributed by atoms with Crippen molar-refractivity contribution in [1.82, 2.24) is 15.0 Å². The van der Waals surface area contributed by atoms with E-state index in [0.717, 1.165) is 53.9 Å². The summed E-state index contributed by atoms with van der Waals surface area (Å²) in [4.78, 5) is 13.2. The molecule has 5 nitrogen and oxygen atoms in total. The number of nitrogens with zero attached hydrogens (tertiary/aromatic N) is 3. The molecule has 2 heterocycles. The minimum Gasteiger partial charge on any atom is -0.455 e. The third kappa shape index (κ3) is 3.66. The monoisotopic (exact) mass is 504 g/mol. The molecule has 2 aromatic heterocycles. The van der Waals surface area contributed by atoms with Gasteiger partial charge in [-0.15, -0.1) is 0 Å². The highest BCUT2D eigenvalue weighted by Gasteiger charge is 2.09. The van der Waals surface area contributed by atoms with E-state index >= 15 is 0 Å². The van der Waals surface area contributed by atoms with Crippen LogP contribution < -0.4 is 10.1 Å². The van der Waals surface area contributed by atoms with Gasteiger partial charge < -0.3 is 10.1 Å². The van der Waals surface area contributed by atoms with Gasteiger partial charge in [0.15, 0.2) is 5.75 Å². The van der Waals surface area contributed by atoms with Gasteiger partial charge in [0.05, 0.1) is 5.52 Å². The Kier molecular flexibility index (Phi) is 4.92. The Morgan fingerprint density at radius 3 is 2.67 bits per heavy atom. The molecule has 1 N–H and O–H groups in total. The standard InChI is InChI=1S/C24H17IN4O/c1-15-12-18(29-24-19-13-17(25)7-9-20(19)27-14-28-24)8-10-21(15)30-22-6-2-4-16-5-3-11-26-23(16)22/h2-14H,1H3,(H,27,28,29). The summed E-state index contributed by atoms with van der Waals surface area (Å²) < 4.78 is 7.34. The molecule has 5 rings (SSSR count). The van der Waals surface area contributed by atoms with Crippen molar-refractivity contribution in [2.45, 2.75) is 6.92 Å². The molecule has 0 radical (unpaired) electrons. The Morgan fingerprint density at radius 2 is 1.77 bits per heavy atom. The van der Waals surface area contributed by atoms with Crippen LogP contribution in [0.1, 0.15) is 5.56 Å². The Morgan fingerprint density at radius 1 is 0.867 bits per heavy atom. The molecular weight excluding hydrogens is 487 g/mol. The van der Waals surface area contributed by atoms with Gasteiger partial charge in [-0.2, -0.15) is 0 Å². The summed E-state index contributed by atoms with van der Waals surface area (Å²) in [6, 6.07) is 22.0. The van der Waals surface area contributed by atoms with Crippen LogP contribution >= 0.6 is 22.6 Å². The summed E-state index contributed by atoms with van der Waals surface area (Å²) in [6.45, 7) is 2.03. The van der Waals surface area contributed by atoms with E-state index in [2.05, 4.69) is 55.0 Å². The Hall–Kier alpha value is -3.26. The number of anilines is 2. The highest BCUT2D eigenvalue weighted by molar-refractivity contribution is 14.1. The molecule has 0 aliphatic rings. The van der Waals surface area contributed by atoms with Crippen LogP contribution in [0, 0.1) is 10.5 Å². The number of rotatable bonds is 4. The molecule has 6 heteroatoms. The quantitative estimate of drug-likeness (QED) is 0.279. The van der Waals surface area contributed by atoms with Crippen LogP contribution in [0.4, 0.5) is 11.5 Å². The van der Waals surface area contributed by atoms with Crippen LogP contribution in [0.15, 0.2) is 79.3 Å². The zero-order valence-electron chi connectivity index (χ0n) is 16.1. The first kappa shape index (κ1) is 18.7. The van der Waals surface area contributed by atoms with E-state index in [4.69, 9.17) is 4.74 Å². The Balaban J connectivity index is 1.45. The van der Waals surface area contributed by atoms with E-state index in [1.807, 2.05) is 61.5 Å². The van der Waals surface area contributed by atoms with E-state index in [9.17, 15) is 0 Å². The van der Waals surface area contributed by atoms with Crippen molar-refractivity contribution in [3.63, 3.8) is 0 Å². The van der Waals surface area contributed by atoms with Gasteiger partial charge in [0.25, 0.3) is 0 Å². The molecule has 5 aromatic rings. The fourth-order valence-corrected chi connectivity index (χ4v) is 3.88. The highest BCUT2D eigenvalue weighted by atomic mass is 127. The molecular formula is C24H17IN4O. The lowest BCUT2D eigenvalue weighted by Gasteiger charge is -2.13. The number of hydrogen-bond acceptors (Lipinski definition) is 5. The van der Waals surface area contributed by atoms with Crippen LogP contribution in [0.2, 0.25) is 0 Å². The van der Waals surface area contributed by atoms with Gasteiger partial charge in [-0.05, 0) is 83.6 Å². The lowest BCUT2D eigenvalue weighted by Crippen LogP contribution is -1.97. The molecule has 0 amide bonds. The number of benzene rings is 3. The largest absolute Gasteiger partial charge is 0.455 e. The van der Waals surface area contributed by atoms with E-state index in [0.29, 0.717) is 0 Å². The number of fused-ring (bicyclic) bond motifs is 2. The summed E-state index contributed by atoms with van der Waals surface area (Å²) in [6.07, 6.45) is 3.36. The summed E-state index contributed by atoms with van der Waals surface area (Å²) in [5.41, 5.74) is 3.72. The lowest BCUT2D eigenvalue weighted by molar-refractivity contribution is 0.483. The molecule has 0 unspecified atom stereocenters. The fourth-order valence-electron chi connectivity index (χ4n) is 3.38. The van der Waals surface area contributed by atoms with Crippen molar-refractivity contribution < 1.29 is 4.74 Å². The SMILES string of the molecule is Cc1cc(Nc2ncnc3ccc(I)cc23)ccc1Oc1cccc2cccnc12. The van der Waals surface area contributed by atoms with Crippen LogP contribution in [0.5, 0.6) is 11.5 Å². The molecule has 0 spiro atoms. The first-order valence-electron chi connectivity index (χ1n) is 9.47. The van der Waals surface area contributed by atoms with E-state index in [1.165, 1.54) is 0 Å². The first-order valence-corrected chi connectivity index (χ1v) is 10.5. The predicted molar refractivity (Wildman–Crippen MR) is 129 cm³/mol. The smallest absolute Gasteiger partial charge is 0.153 e. The summed E-state index contributed by atoms with van der Waals surface area (Å²) in [5.74, 6) is 2.32. The summed E-state index contributed by atoms with van der Waals surface area (Å²) in [5, 5.41) is 5.46. The molecule has 0 aliphatic carbocycles. The van der Waals surface area contributed by atoms with E-state index in [1.54, 1.807) is 12.5 Å². The van der Waals surface area contributed by atoms with Crippen molar-refractivity contribution >= 4 is 55.9 Å².